The zero-order chi connectivity index (χ0) is 11.0. The van der Waals surface area contributed by atoms with Crippen molar-refractivity contribution in [1.82, 2.24) is 5.32 Å². The molecule has 4 heteroatoms. The molecule has 0 spiro atoms. The third kappa shape index (κ3) is 5.44. The van der Waals surface area contributed by atoms with E-state index in [9.17, 15) is 0 Å². The van der Waals surface area contributed by atoms with Crippen LogP contribution in [0.1, 0.15) is 33.1 Å². The molecule has 0 saturated carbocycles. The van der Waals surface area contributed by atoms with Crippen LogP contribution in [0.4, 0.5) is 0 Å². The molecule has 0 radical (unpaired) electrons. The zero-order valence-corrected chi connectivity index (χ0v) is 8.83. The summed E-state index contributed by atoms with van der Waals surface area (Å²) < 4.78 is 0. The van der Waals surface area contributed by atoms with E-state index in [1.54, 1.807) is 0 Å². The molecule has 4 N–H and O–H groups in total. The number of terminal acetylenes is 1. The van der Waals surface area contributed by atoms with Crippen LogP contribution in [0.25, 0.3) is 0 Å². The second kappa shape index (κ2) is 7.22. The van der Waals surface area contributed by atoms with Crippen LogP contribution in [0.2, 0.25) is 0 Å². The predicted molar refractivity (Wildman–Crippen MR) is 58.2 cm³/mol. The van der Waals surface area contributed by atoms with Crippen molar-refractivity contribution >= 4 is 5.84 Å². The van der Waals surface area contributed by atoms with Gasteiger partial charge in [0.25, 0.3) is 0 Å². The number of amidine groups is 1. The molecule has 0 aromatic carbocycles. The molecule has 2 atom stereocenters. The van der Waals surface area contributed by atoms with Crippen molar-refractivity contribution in [2.24, 2.45) is 10.9 Å². The number of oxime groups is 1. The molecule has 0 saturated heterocycles. The summed E-state index contributed by atoms with van der Waals surface area (Å²) in [5.41, 5.74) is 5.38. The first-order chi connectivity index (χ1) is 6.63. The summed E-state index contributed by atoms with van der Waals surface area (Å²) in [6.07, 6.45) is 7.44. The van der Waals surface area contributed by atoms with E-state index < -0.39 is 0 Å². The summed E-state index contributed by atoms with van der Waals surface area (Å²) in [6.45, 7) is 4.06. The van der Waals surface area contributed by atoms with Crippen LogP contribution in [0, 0.1) is 12.3 Å². The lowest BCUT2D eigenvalue weighted by atomic mass is 10.1. The van der Waals surface area contributed by atoms with Crippen molar-refractivity contribution in [2.45, 2.75) is 45.2 Å². The lowest BCUT2D eigenvalue weighted by molar-refractivity contribution is 0.315. The number of rotatable bonds is 6. The van der Waals surface area contributed by atoms with E-state index in [1.807, 2.05) is 6.92 Å². The number of nitrogens with one attached hydrogen (secondary N) is 1. The van der Waals surface area contributed by atoms with Crippen molar-refractivity contribution in [3.8, 4) is 12.3 Å². The fraction of sp³-hybridized carbons (Fsp3) is 0.700. The summed E-state index contributed by atoms with van der Waals surface area (Å²) in [5, 5.41) is 14.6. The fourth-order valence-corrected chi connectivity index (χ4v) is 1.28. The Bertz CT molecular complexity index is 220. The van der Waals surface area contributed by atoms with Gasteiger partial charge < -0.3 is 16.3 Å². The van der Waals surface area contributed by atoms with Crippen LogP contribution in [0.5, 0.6) is 0 Å². The third-order valence-electron chi connectivity index (χ3n) is 2.02. The first kappa shape index (κ1) is 12.8. The van der Waals surface area contributed by atoms with Crippen molar-refractivity contribution in [2.75, 3.05) is 0 Å². The summed E-state index contributed by atoms with van der Waals surface area (Å²) in [5.74, 6) is 2.85. The molecular formula is C10H19N3O. The van der Waals surface area contributed by atoms with E-state index in [0.29, 0.717) is 18.9 Å². The maximum absolute atomic E-state index is 8.38. The van der Waals surface area contributed by atoms with Gasteiger partial charge in [-0.3, -0.25) is 0 Å². The standard InChI is InChI=1S/C10H19N3O/c1-4-6-9(5-2)12-8(3)7-10(11)13-14/h1,8-9,12,14H,5-7H2,2-3H3,(H2,11,13). The highest BCUT2D eigenvalue weighted by Gasteiger charge is 2.10. The predicted octanol–water partition coefficient (Wildman–Crippen LogP) is 0.903. The van der Waals surface area contributed by atoms with E-state index in [4.69, 9.17) is 17.4 Å². The monoisotopic (exact) mass is 197 g/mol. The maximum Gasteiger partial charge on any atom is 0.140 e. The Morgan fingerprint density at radius 3 is 2.79 bits per heavy atom. The normalized spacial score (nSPS) is 15.9. The van der Waals surface area contributed by atoms with E-state index >= 15 is 0 Å². The third-order valence-corrected chi connectivity index (χ3v) is 2.02. The molecule has 4 nitrogen and oxygen atoms in total. The first-order valence-electron chi connectivity index (χ1n) is 4.79. The van der Waals surface area contributed by atoms with Gasteiger partial charge in [-0.05, 0) is 13.3 Å². The summed E-state index contributed by atoms with van der Waals surface area (Å²) >= 11 is 0. The van der Waals surface area contributed by atoms with Crippen molar-refractivity contribution in [3.05, 3.63) is 0 Å². The molecule has 0 heterocycles. The Morgan fingerprint density at radius 1 is 1.71 bits per heavy atom. The average molecular weight is 197 g/mol. The van der Waals surface area contributed by atoms with Gasteiger partial charge in [-0.1, -0.05) is 12.1 Å². The molecule has 0 aliphatic heterocycles. The van der Waals surface area contributed by atoms with Crippen LogP contribution < -0.4 is 11.1 Å². The molecule has 14 heavy (non-hydrogen) atoms. The molecule has 0 bridgehead atoms. The molecular weight excluding hydrogens is 178 g/mol. The molecule has 0 aliphatic carbocycles. The second-order valence-electron chi connectivity index (χ2n) is 3.38. The van der Waals surface area contributed by atoms with Gasteiger partial charge in [-0.25, -0.2) is 0 Å². The Balaban J connectivity index is 3.91. The van der Waals surface area contributed by atoms with Crippen molar-refractivity contribution < 1.29 is 5.21 Å². The Morgan fingerprint density at radius 2 is 2.36 bits per heavy atom. The first-order valence-corrected chi connectivity index (χ1v) is 4.79. The molecule has 2 unspecified atom stereocenters. The quantitative estimate of drug-likeness (QED) is 0.195. The van der Waals surface area contributed by atoms with Crippen LogP contribution in [0.15, 0.2) is 5.16 Å². The highest BCUT2D eigenvalue weighted by Crippen LogP contribution is 2.00. The Hall–Kier alpha value is -1.21. The van der Waals surface area contributed by atoms with Gasteiger partial charge in [0.2, 0.25) is 0 Å². The summed E-state index contributed by atoms with van der Waals surface area (Å²) in [7, 11) is 0. The number of nitrogens with zero attached hydrogens (tertiary/aromatic N) is 1. The smallest absolute Gasteiger partial charge is 0.140 e. The summed E-state index contributed by atoms with van der Waals surface area (Å²) in [6, 6.07) is 0.477. The van der Waals surface area contributed by atoms with Gasteiger partial charge in [0, 0.05) is 24.9 Å². The molecule has 0 aromatic heterocycles. The SMILES string of the molecule is C#CCC(CC)NC(C)CC(N)=NO. The van der Waals surface area contributed by atoms with Crippen LogP contribution in [-0.4, -0.2) is 23.1 Å². The molecule has 0 aromatic rings. The second-order valence-corrected chi connectivity index (χ2v) is 3.38. The van der Waals surface area contributed by atoms with Crippen LogP contribution in [-0.2, 0) is 0 Å². The van der Waals surface area contributed by atoms with Crippen LogP contribution >= 0.6 is 0 Å². The van der Waals surface area contributed by atoms with E-state index in [2.05, 4.69) is 23.3 Å². The molecule has 0 rings (SSSR count). The Labute approximate surface area is 85.6 Å². The van der Waals surface area contributed by atoms with Gasteiger partial charge in [0.15, 0.2) is 0 Å². The summed E-state index contributed by atoms with van der Waals surface area (Å²) in [4.78, 5) is 0. The van der Waals surface area contributed by atoms with E-state index in [1.165, 1.54) is 0 Å². The molecule has 80 valence electrons. The van der Waals surface area contributed by atoms with Gasteiger partial charge >= 0.3 is 0 Å². The highest BCUT2D eigenvalue weighted by molar-refractivity contribution is 5.80. The van der Waals surface area contributed by atoms with E-state index in [-0.39, 0.29) is 11.9 Å². The molecule has 0 fully saturated rings. The lowest BCUT2D eigenvalue weighted by Crippen LogP contribution is -2.38. The number of hydrogen-bond acceptors (Lipinski definition) is 3. The minimum absolute atomic E-state index is 0.171. The average Bonchev–Trinajstić information content (AvgIpc) is 2.16. The molecule has 0 aliphatic rings. The lowest BCUT2D eigenvalue weighted by Gasteiger charge is -2.19. The minimum Gasteiger partial charge on any atom is -0.409 e. The van der Waals surface area contributed by atoms with Crippen molar-refractivity contribution in [3.63, 3.8) is 0 Å². The van der Waals surface area contributed by atoms with Gasteiger partial charge in [-0.2, -0.15) is 0 Å². The largest absolute Gasteiger partial charge is 0.409 e. The fourth-order valence-electron chi connectivity index (χ4n) is 1.28. The number of hydrogen-bond donors (Lipinski definition) is 3. The minimum atomic E-state index is 0.171. The van der Waals surface area contributed by atoms with Gasteiger partial charge in [-0.15, -0.1) is 12.3 Å². The Kier molecular flexibility index (Phi) is 6.59. The van der Waals surface area contributed by atoms with Gasteiger partial charge in [0.1, 0.15) is 5.84 Å². The van der Waals surface area contributed by atoms with Gasteiger partial charge in [0.05, 0.1) is 0 Å². The molecule has 0 amide bonds. The number of nitrogens with two attached hydrogens (primary N) is 1. The van der Waals surface area contributed by atoms with E-state index in [0.717, 1.165) is 6.42 Å². The zero-order valence-electron chi connectivity index (χ0n) is 8.83. The maximum atomic E-state index is 8.38. The van der Waals surface area contributed by atoms with Crippen molar-refractivity contribution in [1.29, 1.82) is 0 Å². The highest BCUT2D eigenvalue weighted by atomic mass is 16.4. The van der Waals surface area contributed by atoms with Crippen LogP contribution in [0.3, 0.4) is 0 Å². The topological polar surface area (TPSA) is 70.6 Å².